The van der Waals surface area contributed by atoms with Gasteiger partial charge in [-0.25, -0.2) is 0 Å². The van der Waals surface area contributed by atoms with E-state index in [4.69, 9.17) is 5.11 Å². The second-order valence-electron chi connectivity index (χ2n) is 2.43. The van der Waals surface area contributed by atoms with Crippen molar-refractivity contribution in [3.05, 3.63) is 24.8 Å². The zero-order chi connectivity index (χ0) is 8.69. The molecular weight excluding hydrogens is 136 g/mol. The van der Waals surface area contributed by atoms with Gasteiger partial charge in [-0.1, -0.05) is 24.5 Å². The maximum absolute atomic E-state index is 9.17. The van der Waals surface area contributed by atoms with Crippen molar-refractivity contribution in [1.29, 1.82) is 0 Å². The third kappa shape index (κ3) is 6.89. The largest absolute Gasteiger partial charge is 0.380 e. The lowest BCUT2D eigenvalue weighted by atomic mass is 10.2. The molecule has 0 radical (unpaired) electrons. The predicted molar refractivity (Wildman–Crippen MR) is 48.0 cm³/mol. The molecule has 11 heavy (non-hydrogen) atoms. The third-order valence-corrected chi connectivity index (χ3v) is 1.10. The first-order valence-corrected chi connectivity index (χ1v) is 3.63. The van der Waals surface area contributed by atoms with Crippen molar-refractivity contribution in [2.45, 2.75) is 25.9 Å². The van der Waals surface area contributed by atoms with Gasteiger partial charge in [-0.2, -0.15) is 0 Å². The molecule has 0 aromatic carbocycles. The Labute approximate surface area is 68.4 Å². The van der Waals surface area contributed by atoms with Crippen LogP contribution in [0.25, 0.3) is 0 Å². The molecule has 0 aromatic heterocycles. The Morgan fingerprint density at radius 1 is 1.73 bits per heavy atom. The van der Waals surface area contributed by atoms with Crippen molar-refractivity contribution < 1.29 is 5.11 Å². The summed E-state index contributed by atoms with van der Waals surface area (Å²) >= 11 is 0. The van der Waals surface area contributed by atoms with E-state index in [0.717, 1.165) is 12.0 Å². The Morgan fingerprint density at radius 3 is 2.82 bits per heavy atom. The molecular formula is C10H14O. The Morgan fingerprint density at radius 2 is 2.36 bits per heavy atom. The summed E-state index contributed by atoms with van der Waals surface area (Å²) in [6.45, 7) is 8.97. The zero-order valence-corrected chi connectivity index (χ0v) is 6.93. The molecule has 0 bridgehead atoms. The fraction of sp³-hybridized carbons (Fsp3) is 0.400. The first-order chi connectivity index (χ1) is 5.16. The van der Waals surface area contributed by atoms with Crippen molar-refractivity contribution in [3.8, 4) is 11.8 Å². The molecule has 1 unspecified atom stereocenters. The first kappa shape index (κ1) is 10.0. The number of allylic oxidation sites excluding steroid dienone is 2. The van der Waals surface area contributed by atoms with Gasteiger partial charge in [0.1, 0.15) is 6.10 Å². The van der Waals surface area contributed by atoms with Gasteiger partial charge in [0.15, 0.2) is 0 Å². The van der Waals surface area contributed by atoms with Crippen LogP contribution in [0.4, 0.5) is 0 Å². The zero-order valence-electron chi connectivity index (χ0n) is 6.93. The minimum absolute atomic E-state index is 0.537. The smallest absolute Gasteiger partial charge is 0.115 e. The van der Waals surface area contributed by atoms with Gasteiger partial charge in [0.2, 0.25) is 0 Å². The van der Waals surface area contributed by atoms with E-state index in [-0.39, 0.29) is 0 Å². The maximum Gasteiger partial charge on any atom is 0.115 e. The molecule has 1 atom stereocenters. The lowest BCUT2D eigenvalue weighted by molar-refractivity contribution is 0.223. The summed E-state index contributed by atoms with van der Waals surface area (Å²) in [6.07, 6.45) is 2.69. The lowest BCUT2D eigenvalue weighted by Gasteiger charge is -1.97. The molecule has 0 rings (SSSR count). The predicted octanol–water partition coefficient (Wildman–Crippen LogP) is 1.89. The Bertz CT molecular complexity index is 193. The number of hydrogen-bond donors (Lipinski definition) is 1. The molecule has 0 aliphatic heterocycles. The summed E-state index contributed by atoms with van der Waals surface area (Å²) in [7, 11) is 0. The Balaban J connectivity index is 3.69. The number of aliphatic hydroxyl groups is 1. The first-order valence-electron chi connectivity index (χ1n) is 3.63. The van der Waals surface area contributed by atoms with Crippen molar-refractivity contribution in [3.63, 3.8) is 0 Å². The normalized spacial score (nSPS) is 11.1. The van der Waals surface area contributed by atoms with E-state index >= 15 is 0 Å². The fourth-order valence-electron chi connectivity index (χ4n) is 0.554. The van der Waals surface area contributed by atoms with Gasteiger partial charge in [0.05, 0.1) is 0 Å². The second kappa shape index (κ2) is 5.76. The Hall–Kier alpha value is -1.00. The van der Waals surface area contributed by atoms with E-state index in [1.807, 2.05) is 6.92 Å². The molecule has 0 saturated carbocycles. The highest BCUT2D eigenvalue weighted by Gasteiger charge is 1.94. The topological polar surface area (TPSA) is 20.2 Å². The quantitative estimate of drug-likeness (QED) is 0.481. The van der Waals surface area contributed by atoms with Crippen LogP contribution in [0, 0.1) is 11.8 Å². The molecule has 1 N–H and O–H groups in total. The highest BCUT2D eigenvalue weighted by Crippen LogP contribution is 1.95. The summed E-state index contributed by atoms with van der Waals surface area (Å²) < 4.78 is 0. The van der Waals surface area contributed by atoms with Gasteiger partial charge in [0, 0.05) is 0 Å². The molecule has 1 nitrogen and oxygen atoms in total. The number of rotatable bonds is 3. The molecule has 0 aliphatic carbocycles. The van der Waals surface area contributed by atoms with Gasteiger partial charge in [-0.15, -0.1) is 6.58 Å². The standard InChI is InChI=1S/C10H14O/c1-4-5-6-10(11)8-7-9(2)3/h4,10-11H,1-2,5-6H2,3H3. The molecule has 0 amide bonds. The molecule has 0 saturated heterocycles. The summed E-state index contributed by atoms with van der Waals surface area (Å²) in [6, 6.07) is 0. The van der Waals surface area contributed by atoms with Gasteiger partial charge >= 0.3 is 0 Å². The highest BCUT2D eigenvalue weighted by molar-refractivity contribution is 5.24. The van der Waals surface area contributed by atoms with Gasteiger partial charge in [0.25, 0.3) is 0 Å². The summed E-state index contributed by atoms with van der Waals surface area (Å²) in [5.41, 5.74) is 0.780. The van der Waals surface area contributed by atoms with E-state index < -0.39 is 6.10 Å². The van der Waals surface area contributed by atoms with Crippen LogP contribution in [0.15, 0.2) is 24.8 Å². The molecule has 0 spiro atoms. The van der Waals surface area contributed by atoms with Gasteiger partial charge in [-0.3, -0.25) is 0 Å². The van der Waals surface area contributed by atoms with E-state index in [0.29, 0.717) is 6.42 Å². The molecule has 0 heterocycles. The van der Waals surface area contributed by atoms with Crippen LogP contribution >= 0.6 is 0 Å². The van der Waals surface area contributed by atoms with E-state index in [2.05, 4.69) is 25.0 Å². The highest BCUT2D eigenvalue weighted by atomic mass is 16.3. The van der Waals surface area contributed by atoms with Gasteiger partial charge < -0.3 is 5.11 Å². The minimum Gasteiger partial charge on any atom is -0.380 e. The monoisotopic (exact) mass is 150 g/mol. The van der Waals surface area contributed by atoms with Crippen LogP contribution in [-0.4, -0.2) is 11.2 Å². The van der Waals surface area contributed by atoms with Crippen LogP contribution in [0.5, 0.6) is 0 Å². The van der Waals surface area contributed by atoms with Crippen molar-refractivity contribution in [2.24, 2.45) is 0 Å². The molecule has 0 aliphatic rings. The van der Waals surface area contributed by atoms with Crippen LogP contribution < -0.4 is 0 Å². The maximum atomic E-state index is 9.17. The van der Waals surface area contributed by atoms with Crippen LogP contribution in [0.2, 0.25) is 0 Å². The summed E-state index contributed by atoms with van der Waals surface area (Å²) in [5, 5.41) is 9.17. The molecule has 0 fully saturated rings. The van der Waals surface area contributed by atoms with Crippen LogP contribution in [0.1, 0.15) is 19.8 Å². The van der Waals surface area contributed by atoms with Crippen molar-refractivity contribution >= 4 is 0 Å². The molecule has 60 valence electrons. The second-order valence-corrected chi connectivity index (χ2v) is 2.43. The molecule has 0 aromatic rings. The van der Waals surface area contributed by atoms with Crippen molar-refractivity contribution in [2.75, 3.05) is 0 Å². The van der Waals surface area contributed by atoms with E-state index in [1.54, 1.807) is 6.08 Å². The average Bonchev–Trinajstić information content (AvgIpc) is 1.97. The number of hydrogen-bond acceptors (Lipinski definition) is 1. The lowest BCUT2D eigenvalue weighted by Crippen LogP contribution is -2.01. The Kier molecular flexibility index (Phi) is 5.24. The van der Waals surface area contributed by atoms with E-state index in [9.17, 15) is 0 Å². The average molecular weight is 150 g/mol. The molecule has 1 heteroatoms. The minimum atomic E-state index is -0.537. The third-order valence-electron chi connectivity index (χ3n) is 1.10. The number of aliphatic hydroxyl groups excluding tert-OH is 1. The summed E-state index contributed by atoms with van der Waals surface area (Å²) in [4.78, 5) is 0. The van der Waals surface area contributed by atoms with E-state index in [1.165, 1.54) is 0 Å². The van der Waals surface area contributed by atoms with Crippen molar-refractivity contribution in [1.82, 2.24) is 0 Å². The SMILES string of the molecule is C=CCCC(O)C#CC(=C)C. The van der Waals surface area contributed by atoms with Crippen LogP contribution in [-0.2, 0) is 0 Å². The van der Waals surface area contributed by atoms with Gasteiger partial charge in [-0.05, 0) is 25.3 Å². The fourth-order valence-corrected chi connectivity index (χ4v) is 0.554. The van der Waals surface area contributed by atoms with Crippen LogP contribution in [0.3, 0.4) is 0 Å². The summed E-state index contributed by atoms with van der Waals surface area (Å²) in [5.74, 6) is 5.40.